The van der Waals surface area contributed by atoms with E-state index in [1.165, 1.54) is 65.1 Å². The quantitative estimate of drug-likeness (QED) is 0.208. The Kier molecular flexibility index (Phi) is 4.08. The molecule has 0 amide bonds. The van der Waals surface area contributed by atoms with Crippen molar-refractivity contribution in [1.82, 2.24) is 9.38 Å². The van der Waals surface area contributed by atoms with E-state index in [1.807, 2.05) is 0 Å². The van der Waals surface area contributed by atoms with E-state index in [4.69, 9.17) is 4.98 Å². The first-order valence-electron chi connectivity index (χ1n) is 13.4. The third-order valence-corrected chi connectivity index (χ3v) is 8.32. The second-order valence-corrected chi connectivity index (χ2v) is 10.4. The van der Waals surface area contributed by atoms with Crippen LogP contribution in [0.4, 0.5) is 0 Å². The zero-order chi connectivity index (χ0) is 25.5. The van der Waals surface area contributed by atoms with Crippen LogP contribution in [-0.2, 0) is 0 Å². The topological polar surface area (TPSA) is 17.3 Å². The van der Waals surface area contributed by atoms with Gasteiger partial charge >= 0.3 is 0 Å². The Hall–Kier alpha value is -5.21. The van der Waals surface area contributed by atoms with E-state index in [-0.39, 0.29) is 0 Å². The van der Waals surface area contributed by atoms with Crippen molar-refractivity contribution in [3.05, 3.63) is 133 Å². The molecule has 39 heavy (non-hydrogen) atoms. The van der Waals surface area contributed by atoms with Crippen LogP contribution in [0.2, 0.25) is 0 Å². The van der Waals surface area contributed by atoms with Crippen molar-refractivity contribution in [1.29, 1.82) is 0 Å². The van der Waals surface area contributed by atoms with Gasteiger partial charge in [-0.05, 0) is 73.8 Å². The lowest BCUT2D eigenvalue weighted by molar-refractivity contribution is 1.32. The Bertz CT molecular complexity index is 2450. The van der Waals surface area contributed by atoms with Crippen LogP contribution in [-0.4, -0.2) is 9.38 Å². The fraction of sp³-hybridized carbons (Fsp3) is 0. The number of hydrogen-bond donors (Lipinski definition) is 0. The summed E-state index contributed by atoms with van der Waals surface area (Å²) in [5.74, 6) is 0. The molecule has 9 rings (SSSR count). The monoisotopic (exact) mass is 494 g/mol. The van der Waals surface area contributed by atoms with Crippen molar-refractivity contribution >= 4 is 70.7 Å². The molecule has 7 aromatic carbocycles. The van der Waals surface area contributed by atoms with Crippen LogP contribution >= 0.6 is 0 Å². The molecule has 180 valence electrons. The van der Waals surface area contributed by atoms with Gasteiger partial charge in [0.1, 0.15) is 5.65 Å². The van der Waals surface area contributed by atoms with E-state index in [0.717, 1.165) is 16.7 Å². The largest absolute Gasteiger partial charge is 0.292 e. The predicted octanol–water partition coefficient (Wildman–Crippen LogP) is 9.92. The number of rotatable bonds is 1. The van der Waals surface area contributed by atoms with Crippen molar-refractivity contribution in [3.8, 4) is 11.1 Å². The van der Waals surface area contributed by atoms with Gasteiger partial charge in [0.15, 0.2) is 0 Å². The molecule has 9 aromatic rings. The lowest BCUT2D eigenvalue weighted by atomic mass is 9.95. The highest BCUT2D eigenvalue weighted by Crippen LogP contribution is 2.39. The number of benzene rings is 7. The molecular formula is C37H22N2. The molecule has 0 spiro atoms. The summed E-state index contributed by atoms with van der Waals surface area (Å²) < 4.78 is 2.35. The maximum Gasteiger partial charge on any atom is 0.146 e. The van der Waals surface area contributed by atoms with Crippen molar-refractivity contribution in [2.45, 2.75) is 0 Å². The second-order valence-electron chi connectivity index (χ2n) is 10.4. The van der Waals surface area contributed by atoms with E-state index in [0.29, 0.717) is 0 Å². The van der Waals surface area contributed by atoms with Crippen LogP contribution in [0.5, 0.6) is 0 Å². The van der Waals surface area contributed by atoms with Crippen LogP contribution in [0.15, 0.2) is 133 Å². The van der Waals surface area contributed by atoms with Gasteiger partial charge in [-0.3, -0.25) is 4.40 Å². The predicted molar refractivity (Wildman–Crippen MR) is 166 cm³/mol. The van der Waals surface area contributed by atoms with Gasteiger partial charge in [0.05, 0.1) is 16.6 Å². The van der Waals surface area contributed by atoms with E-state index >= 15 is 0 Å². The van der Waals surface area contributed by atoms with Gasteiger partial charge in [0, 0.05) is 16.2 Å². The van der Waals surface area contributed by atoms with Gasteiger partial charge in [-0.2, -0.15) is 0 Å². The van der Waals surface area contributed by atoms with Crippen molar-refractivity contribution in [2.24, 2.45) is 0 Å². The summed E-state index contributed by atoms with van der Waals surface area (Å²) in [5, 5.41) is 11.3. The first kappa shape index (κ1) is 20.8. The first-order valence-corrected chi connectivity index (χ1v) is 13.4. The molecule has 0 bridgehead atoms. The Labute approximate surface area is 224 Å². The van der Waals surface area contributed by atoms with Crippen LogP contribution < -0.4 is 0 Å². The molecule has 0 saturated carbocycles. The molecule has 0 aliphatic carbocycles. The number of para-hydroxylation sites is 2. The van der Waals surface area contributed by atoms with Gasteiger partial charge in [0.2, 0.25) is 0 Å². The van der Waals surface area contributed by atoms with Gasteiger partial charge in [-0.15, -0.1) is 0 Å². The summed E-state index contributed by atoms with van der Waals surface area (Å²) in [6.45, 7) is 0. The first-order chi connectivity index (χ1) is 19.3. The summed E-state index contributed by atoms with van der Waals surface area (Å²) >= 11 is 0. The summed E-state index contributed by atoms with van der Waals surface area (Å²) in [7, 11) is 0. The SMILES string of the molecule is c1ccc2c(c1)ccc1ccc(-c3ccc4c5c6ccccc6ccc5c5nc6ccccc6n5c4c3)cc12. The van der Waals surface area contributed by atoms with Crippen molar-refractivity contribution < 1.29 is 0 Å². The van der Waals surface area contributed by atoms with E-state index in [1.54, 1.807) is 0 Å². The minimum absolute atomic E-state index is 1.01. The normalized spacial score (nSPS) is 12.1. The molecule has 2 aromatic heterocycles. The highest BCUT2D eigenvalue weighted by atomic mass is 15.0. The molecule has 0 saturated heterocycles. The molecule has 0 N–H and O–H groups in total. The lowest BCUT2D eigenvalue weighted by Gasteiger charge is -2.14. The second kappa shape index (κ2) is 7.66. The fourth-order valence-corrected chi connectivity index (χ4v) is 6.49. The molecule has 0 radical (unpaired) electrons. The van der Waals surface area contributed by atoms with Crippen LogP contribution in [0.25, 0.3) is 81.8 Å². The third kappa shape index (κ3) is 2.89. The highest BCUT2D eigenvalue weighted by molar-refractivity contribution is 6.24. The van der Waals surface area contributed by atoms with Gasteiger partial charge in [0.25, 0.3) is 0 Å². The van der Waals surface area contributed by atoms with E-state index < -0.39 is 0 Å². The van der Waals surface area contributed by atoms with Gasteiger partial charge < -0.3 is 0 Å². The molecule has 0 aliphatic heterocycles. The maximum atomic E-state index is 5.14. The highest BCUT2D eigenvalue weighted by Gasteiger charge is 2.16. The zero-order valence-electron chi connectivity index (χ0n) is 21.1. The number of pyridine rings is 1. The molecule has 0 aliphatic rings. The smallest absolute Gasteiger partial charge is 0.146 e. The molecular weight excluding hydrogens is 472 g/mol. The van der Waals surface area contributed by atoms with E-state index in [9.17, 15) is 0 Å². The minimum atomic E-state index is 1.01. The number of hydrogen-bond acceptors (Lipinski definition) is 1. The van der Waals surface area contributed by atoms with Gasteiger partial charge in [-0.1, -0.05) is 103 Å². The zero-order valence-corrected chi connectivity index (χ0v) is 21.1. The van der Waals surface area contributed by atoms with Crippen molar-refractivity contribution in [2.75, 3.05) is 0 Å². The molecule has 0 atom stereocenters. The average molecular weight is 495 g/mol. The number of nitrogens with zero attached hydrogens (tertiary/aromatic N) is 2. The number of fused-ring (bicyclic) bond motifs is 13. The number of aromatic nitrogens is 2. The van der Waals surface area contributed by atoms with Crippen LogP contribution in [0.3, 0.4) is 0 Å². The number of imidazole rings is 1. The minimum Gasteiger partial charge on any atom is -0.292 e. The molecule has 2 heteroatoms. The van der Waals surface area contributed by atoms with Crippen LogP contribution in [0, 0.1) is 0 Å². The summed E-state index contributed by atoms with van der Waals surface area (Å²) in [4.78, 5) is 5.14. The molecule has 2 heterocycles. The molecule has 0 fully saturated rings. The van der Waals surface area contributed by atoms with Gasteiger partial charge in [-0.25, -0.2) is 4.98 Å². The average Bonchev–Trinajstić information content (AvgIpc) is 3.40. The summed E-state index contributed by atoms with van der Waals surface area (Å²) in [5.41, 5.74) is 6.76. The maximum absolute atomic E-state index is 5.14. The van der Waals surface area contributed by atoms with E-state index in [2.05, 4.69) is 138 Å². The van der Waals surface area contributed by atoms with Crippen LogP contribution in [0.1, 0.15) is 0 Å². The van der Waals surface area contributed by atoms with Crippen molar-refractivity contribution in [3.63, 3.8) is 0 Å². The Morgan fingerprint density at radius 2 is 1.03 bits per heavy atom. The molecule has 0 unspecified atom stereocenters. The lowest BCUT2D eigenvalue weighted by Crippen LogP contribution is -1.93. The fourth-order valence-electron chi connectivity index (χ4n) is 6.49. The standard InChI is InChI=1S/C37H22N2/c1-3-9-28-23(7-1)13-14-25-15-16-26(21-32(25)28)27-18-19-30-35(22-27)39-34-12-6-5-11-33(34)38-37(39)31-20-17-24-8-2-4-10-29(24)36(30)31/h1-22H. The summed E-state index contributed by atoms with van der Waals surface area (Å²) in [6, 6.07) is 48.4. The third-order valence-electron chi connectivity index (χ3n) is 8.32. The molecule has 2 nitrogen and oxygen atoms in total. The summed E-state index contributed by atoms with van der Waals surface area (Å²) in [6.07, 6.45) is 0. The Balaban J connectivity index is 1.43. The Morgan fingerprint density at radius 1 is 0.410 bits per heavy atom. The Morgan fingerprint density at radius 3 is 1.92 bits per heavy atom.